The molecule has 2 nitrogen and oxygen atoms in total. The topological polar surface area (TPSA) is 26.3 Å². The molecule has 0 fully saturated rings. The lowest BCUT2D eigenvalue weighted by molar-refractivity contribution is -0.143. The maximum Gasteiger partial charge on any atom is 0.310 e. The highest BCUT2D eigenvalue weighted by molar-refractivity contribution is 8.93. The molecule has 33 heavy (non-hydrogen) atoms. The molecule has 0 saturated carbocycles. The smallest absolute Gasteiger partial charge is 0.310 e. The van der Waals surface area contributed by atoms with E-state index >= 15 is 0 Å². The minimum Gasteiger partial charge on any atom is -0.466 e. The Morgan fingerprint density at radius 2 is 1.03 bits per heavy atom. The third-order valence-electron chi connectivity index (χ3n) is 5.81. The summed E-state index contributed by atoms with van der Waals surface area (Å²) in [7, 11) is -2.26. The summed E-state index contributed by atoms with van der Waals surface area (Å²) in [6.07, 6.45) is 0.324. The van der Waals surface area contributed by atoms with Crippen LogP contribution in [0.2, 0.25) is 0 Å². The molecular weight excluding hydrogens is 491 g/mol. The van der Waals surface area contributed by atoms with Gasteiger partial charge in [-0.25, -0.2) is 0 Å². The van der Waals surface area contributed by atoms with Crippen molar-refractivity contribution in [1.29, 1.82) is 0 Å². The Hall–Kier alpha value is -2.74. The molecule has 4 rings (SSSR count). The first-order valence-corrected chi connectivity index (χ1v) is 12.9. The Balaban J connectivity index is 0.00000306. The molecule has 0 aliphatic heterocycles. The van der Waals surface area contributed by atoms with Crippen molar-refractivity contribution in [2.24, 2.45) is 0 Å². The fraction of sp³-hybridized carbons (Fsp3) is 0.138. The number of hydrogen-bond donors (Lipinski definition) is 0. The molecule has 1 atom stereocenters. The van der Waals surface area contributed by atoms with Gasteiger partial charge in [0.25, 0.3) is 0 Å². The fourth-order valence-corrected chi connectivity index (χ4v) is 9.45. The van der Waals surface area contributed by atoms with Crippen LogP contribution in [0.3, 0.4) is 0 Å². The number of ether oxygens (including phenoxy) is 1. The van der Waals surface area contributed by atoms with Crippen molar-refractivity contribution in [3.63, 3.8) is 0 Å². The van der Waals surface area contributed by atoms with E-state index in [0.29, 0.717) is 13.0 Å². The van der Waals surface area contributed by atoms with E-state index in [1.54, 1.807) is 0 Å². The molecule has 4 heteroatoms. The Kier molecular flexibility index (Phi) is 9.00. The van der Waals surface area contributed by atoms with Crippen LogP contribution in [0.1, 0.15) is 24.6 Å². The molecule has 0 aromatic heterocycles. The van der Waals surface area contributed by atoms with Gasteiger partial charge in [0, 0.05) is 0 Å². The molecule has 0 N–H and O–H groups in total. The van der Waals surface area contributed by atoms with Crippen molar-refractivity contribution in [2.45, 2.75) is 19.0 Å². The van der Waals surface area contributed by atoms with E-state index in [-0.39, 0.29) is 28.6 Å². The van der Waals surface area contributed by atoms with Gasteiger partial charge < -0.3 is 4.74 Å². The fourth-order valence-electron chi connectivity index (χ4n) is 4.51. The van der Waals surface area contributed by atoms with Crippen molar-refractivity contribution < 1.29 is 9.53 Å². The number of rotatable bonds is 8. The molecule has 0 saturated heterocycles. The third-order valence-corrected chi connectivity index (χ3v) is 10.6. The zero-order valence-electron chi connectivity index (χ0n) is 18.7. The molecule has 0 aliphatic rings. The Morgan fingerprint density at radius 1 is 0.667 bits per heavy atom. The lowest BCUT2D eigenvalue weighted by Gasteiger charge is -2.34. The van der Waals surface area contributed by atoms with Crippen LogP contribution >= 0.6 is 24.2 Å². The van der Waals surface area contributed by atoms with E-state index in [1.807, 2.05) is 13.0 Å². The zero-order chi connectivity index (χ0) is 22.2. The highest BCUT2D eigenvalue weighted by Crippen LogP contribution is 2.67. The molecule has 4 aromatic rings. The SMILES string of the molecule is Br.CCOC(=O)CC(c1ccccc1)[P+](c1ccccc1)(c1ccccc1)c1ccccc1. The molecular formula is C29H29BrO2P+. The van der Waals surface area contributed by atoms with Gasteiger partial charge in [-0.3, -0.25) is 4.79 Å². The van der Waals surface area contributed by atoms with Crippen LogP contribution in [-0.4, -0.2) is 12.6 Å². The summed E-state index contributed by atoms with van der Waals surface area (Å²) in [6.45, 7) is 2.25. The quantitative estimate of drug-likeness (QED) is 0.203. The predicted octanol–water partition coefficient (Wildman–Crippen LogP) is 6.25. The van der Waals surface area contributed by atoms with Crippen molar-refractivity contribution in [2.75, 3.05) is 6.61 Å². The van der Waals surface area contributed by atoms with Gasteiger partial charge in [-0.05, 0) is 48.9 Å². The summed E-state index contributed by atoms with van der Waals surface area (Å²) in [4.78, 5) is 13.0. The number of benzene rings is 4. The van der Waals surface area contributed by atoms with Gasteiger partial charge in [-0.1, -0.05) is 84.9 Å². The van der Waals surface area contributed by atoms with Crippen molar-refractivity contribution in [3.05, 3.63) is 127 Å². The van der Waals surface area contributed by atoms with E-state index in [0.717, 1.165) is 5.56 Å². The number of carbonyl (C=O) groups is 1. The number of carbonyl (C=O) groups excluding carboxylic acids is 1. The number of esters is 1. The van der Waals surface area contributed by atoms with Gasteiger partial charge in [0.05, 0.1) is 13.0 Å². The zero-order valence-corrected chi connectivity index (χ0v) is 21.3. The lowest BCUT2D eigenvalue weighted by Crippen LogP contribution is -2.36. The van der Waals surface area contributed by atoms with Crippen LogP contribution in [0.5, 0.6) is 0 Å². The Labute approximate surface area is 207 Å². The molecule has 0 amide bonds. The molecule has 0 spiro atoms. The van der Waals surface area contributed by atoms with Crippen molar-refractivity contribution >= 4 is 46.1 Å². The van der Waals surface area contributed by atoms with Gasteiger partial charge in [0.1, 0.15) is 28.8 Å². The molecule has 1 unspecified atom stereocenters. The maximum atomic E-state index is 13.0. The van der Waals surface area contributed by atoms with Crippen LogP contribution in [0.4, 0.5) is 0 Å². The van der Waals surface area contributed by atoms with E-state index in [1.165, 1.54) is 15.9 Å². The van der Waals surface area contributed by atoms with Crippen LogP contribution in [0, 0.1) is 0 Å². The minimum absolute atomic E-state index is 0. The summed E-state index contributed by atoms with van der Waals surface area (Å²) in [5.41, 5.74) is 1.11. The highest BCUT2D eigenvalue weighted by atomic mass is 79.9. The first kappa shape index (κ1) is 24.9. The van der Waals surface area contributed by atoms with Crippen molar-refractivity contribution in [3.8, 4) is 0 Å². The average Bonchev–Trinajstić information content (AvgIpc) is 2.86. The largest absolute Gasteiger partial charge is 0.466 e. The Bertz CT molecular complexity index is 1020. The summed E-state index contributed by atoms with van der Waals surface area (Å²) in [6, 6.07) is 42.5. The summed E-state index contributed by atoms with van der Waals surface area (Å²) in [5.74, 6) is -0.159. The van der Waals surface area contributed by atoms with Crippen LogP contribution in [-0.2, 0) is 9.53 Å². The monoisotopic (exact) mass is 519 g/mol. The van der Waals surface area contributed by atoms with Crippen LogP contribution in [0.25, 0.3) is 0 Å². The second-order valence-corrected chi connectivity index (χ2v) is 11.3. The van der Waals surface area contributed by atoms with E-state index in [2.05, 4.69) is 115 Å². The van der Waals surface area contributed by atoms with Gasteiger partial charge >= 0.3 is 5.97 Å². The van der Waals surface area contributed by atoms with Gasteiger partial charge in [-0.15, -0.1) is 17.0 Å². The van der Waals surface area contributed by atoms with Gasteiger partial charge in [0.15, 0.2) is 0 Å². The predicted molar refractivity (Wildman–Crippen MR) is 146 cm³/mol. The highest BCUT2D eigenvalue weighted by Gasteiger charge is 2.53. The molecule has 0 aliphatic carbocycles. The van der Waals surface area contributed by atoms with E-state index in [9.17, 15) is 4.79 Å². The number of hydrogen-bond acceptors (Lipinski definition) is 2. The van der Waals surface area contributed by atoms with Crippen molar-refractivity contribution in [1.82, 2.24) is 0 Å². The lowest BCUT2D eigenvalue weighted by atomic mass is 10.1. The standard InChI is InChI=1S/C29H28O2P.BrH/c1-2-31-29(30)23-28(24-15-7-3-8-16-24)32(25-17-9-4-10-18-25,26-19-11-5-12-20-26)27-21-13-6-14-22-27;/h3-22,28H,2,23H2,1H3;1H/q+1;. The molecule has 4 aromatic carbocycles. The molecule has 168 valence electrons. The summed E-state index contributed by atoms with van der Waals surface area (Å²) >= 11 is 0. The second kappa shape index (κ2) is 11.9. The first-order valence-electron chi connectivity index (χ1n) is 11.0. The summed E-state index contributed by atoms with van der Waals surface area (Å²) in [5, 5.41) is 3.78. The number of halogens is 1. The molecule has 0 bridgehead atoms. The molecule has 0 heterocycles. The second-order valence-electron chi connectivity index (χ2n) is 7.66. The van der Waals surface area contributed by atoms with E-state index in [4.69, 9.17) is 4.74 Å². The normalized spacial score (nSPS) is 11.8. The van der Waals surface area contributed by atoms with Crippen LogP contribution < -0.4 is 15.9 Å². The molecule has 0 radical (unpaired) electrons. The average molecular weight is 520 g/mol. The summed E-state index contributed by atoms with van der Waals surface area (Å²) < 4.78 is 5.48. The Morgan fingerprint density at radius 3 is 1.39 bits per heavy atom. The van der Waals surface area contributed by atoms with Gasteiger partial charge in [0.2, 0.25) is 0 Å². The minimum atomic E-state index is -2.26. The van der Waals surface area contributed by atoms with Crippen LogP contribution in [0.15, 0.2) is 121 Å². The first-order chi connectivity index (χ1) is 15.8. The van der Waals surface area contributed by atoms with Gasteiger partial charge in [-0.2, -0.15) is 0 Å². The third kappa shape index (κ3) is 5.27. The maximum absolute atomic E-state index is 13.0. The van der Waals surface area contributed by atoms with E-state index < -0.39 is 7.26 Å².